The third-order valence-corrected chi connectivity index (χ3v) is 6.63. The number of ether oxygens (including phenoxy) is 1. The molecule has 6 rings (SSSR count). The Morgan fingerprint density at radius 3 is 2.79 bits per heavy atom. The summed E-state index contributed by atoms with van der Waals surface area (Å²) in [6.45, 7) is 0. The van der Waals surface area contributed by atoms with E-state index in [-0.39, 0.29) is 11.8 Å². The number of carbonyl (C=O) groups excluding carboxylic acids is 2. The van der Waals surface area contributed by atoms with E-state index in [0.29, 0.717) is 34.8 Å². The number of halogens is 1. The van der Waals surface area contributed by atoms with Crippen LogP contribution in [0.3, 0.4) is 0 Å². The molecular weight excluding hydrogens is 378 g/mol. The molecule has 2 spiro atoms. The van der Waals surface area contributed by atoms with Gasteiger partial charge in [-0.25, -0.2) is 0 Å². The van der Waals surface area contributed by atoms with Crippen molar-refractivity contribution in [2.24, 2.45) is 5.92 Å². The maximum atomic E-state index is 13.6. The summed E-state index contributed by atoms with van der Waals surface area (Å²) in [6.07, 6.45) is 4.35. The molecule has 2 amide bonds. The minimum absolute atomic E-state index is 0.0244. The molecule has 0 aromatic heterocycles. The van der Waals surface area contributed by atoms with E-state index < -0.39 is 17.2 Å². The second kappa shape index (κ2) is 5.08. The molecule has 7 heteroatoms. The molecule has 2 aromatic carbocycles. The minimum atomic E-state index is -1.18. The number of nitrogens with one attached hydrogen (secondary N) is 2. The molecule has 4 aliphatic rings. The highest BCUT2D eigenvalue weighted by Gasteiger charge is 2.69. The van der Waals surface area contributed by atoms with Gasteiger partial charge in [-0.1, -0.05) is 29.8 Å². The minimum Gasteiger partial charge on any atom is -0.475 e. The molecule has 4 heterocycles. The van der Waals surface area contributed by atoms with Gasteiger partial charge in [0.15, 0.2) is 11.3 Å². The Kier molecular flexibility index (Phi) is 2.91. The van der Waals surface area contributed by atoms with Gasteiger partial charge in [0.05, 0.1) is 29.2 Å². The van der Waals surface area contributed by atoms with Crippen molar-refractivity contribution in [3.8, 4) is 0 Å². The number of hydrogen-bond acceptors (Lipinski definition) is 4. The molecule has 2 N–H and O–H groups in total. The number of rotatable bonds is 0. The van der Waals surface area contributed by atoms with Gasteiger partial charge in [0.25, 0.3) is 5.91 Å². The zero-order chi connectivity index (χ0) is 19.1. The first kappa shape index (κ1) is 16.0. The van der Waals surface area contributed by atoms with Gasteiger partial charge in [-0.2, -0.15) is 0 Å². The fraction of sp³-hybridized carbons (Fsp3) is 0.238. The van der Waals surface area contributed by atoms with Crippen LogP contribution >= 0.6 is 11.6 Å². The first-order chi connectivity index (χ1) is 13.6. The SMILES string of the molecule is O=C1CCC23OC=CC2C2(Nc4ccccc4NC2=O)c2c(Cl)cccc2N13. The lowest BCUT2D eigenvalue weighted by Crippen LogP contribution is -2.67. The molecule has 2 aromatic rings. The van der Waals surface area contributed by atoms with Crippen LogP contribution in [-0.2, 0) is 19.9 Å². The van der Waals surface area contributed by atoms with Crippen molar-refractivity contribution in [3.63, 3.8) is 0 Å². The van der Waals surface area contributed by atoms with Crippen LogP contribution in [0.25, 0.3) is 0 Å². The standard InChI is InChI=1S/C21H16ClN3O3/c22-12-4-3-7-15-18(12)21(19(27)23-13-5-1-2-6-14(13)24-21)16-9-11-28-20(16)10-8-17(26)25(15)20/h1-7,9,11,16,24H,8,10H2,(H,23,27). The van der Waals surface area contributed by atoms with Crippen LogP contribution in [0.4, 0.5) is 17.1 Å². The Bertz CT molecular complexity index is 1100. The van der Waals surface area contributed by atoms with Crippen molar-refractivity contribution in [2.75, 3.05) is 15.5 Å². The first-order valence-electron chi connectivity index (χ1n) is 9.23. The predicted molar refractivity (Wildman–Crippen MR) is 105 cm³/mol. The lowest BCUT2D eigenvalue weighted by molar-refractivity contribution is -0.128. The molecule has 6 nitrogen and oxygen atoms in total. The van der Waals surface area contributed by atoms with Crippen molar-refractivity contribution >= 4 is 40.5 Å². The van der Waals surface area contributed by atoms with Crippen LogP contribution < -0.4 is 15.5 Å². The highest BCUT2D eigenvalue weighted by atomic mass is 35.5. The summed E-state index contributed by atoms with van der Waals surface area (Å²) in [4.78, 5) is 28.2. The third-order valence-electron chi connectivity index (χ3n) is 6.31. The summed E-state index contributed by atoms with van der Waals surface area (Å²) < 4.78 is 6.06. The number of amides is 2. The topological polar surface area (TPSA) is 70.7 Å². The van der Waals surface area contributed by atoms with E-state index in [4.69, 9.17) is 16.3 Å². The second-order valence-corrected chi connectivity index (χ2v) is 7.97. The molecule has 140 valence electrons. The van der Waals surface area contributed by atoms with Crippen LogP contribution in [0.1, 0.15) is 18.4 Å². The number of nitrogens with zero attached hydrogens (tertiary/aromatic N) is 1. The molecule has 1 fully saturated rings. The van der Waals surface area contributed by atoms with Gasteiger partial charge in [0.1, 0.15) is 0 Å². The number of fused-ring (bicyclic) bond motifs is 5. The van der Waals surface area contributed by atoms with E-state index in [0.717, 1.165) is 5.69 Å². The van der Waals surface area contributed by atoms with Crippen LogP contribution in [-0.4, -0.2) is 17.5 Å². The summed E-state index contributed by atoms with van der Waals surface area (Å²) >= 11 is 6.66. The maximum absolute atomic E-state index is 13.6. The molecule has 28 heavy (non-hydrogen) atoms. The molecule has 0 radical (unpaired) electrons. The first-order valence-corrected chi connectivity index (χ1v) is 9.61. The van der Waals surface area contributed by atoms with Crippen LogP contribution in [0.5, 0.6) is 0 Å². The molecule has 0 bridgehead atoms. The van der Waals surface area contributed by atoms with Crippen molar-refractivity contribution in [1.82, 2.24) is 0 Å². The quantitative estimate of drug-likeness (QED) is 0.717. The van der Waals surface area contributed by atoms with Crippen molar-refractivity contribution in [1.29, 1.82) is 0 Å². The van der Waals surface area contributed by atoms with E-state index in [1.165, 1.54) is 0 Å². The number of carbonyl (C=O) groups is 2. The highest BCUT2D eigenvalue weighted by molar-refractivity contribution is 6.33. The largest absolute Gasteiger partial charge is 0.475 e. The molecular formula is C21H16ClN3O3. The van der Waals surface area contributed by atoms with Gasteiger partial charge in [0, 0.05) is 23.4 Å². The Balaban J connectivity index is 1.70. The molecule has 3 atom stereocenters. The Hall–Kier alpha value is -2.99. The fourth-order valence-electron chi connectivity index (χ4n) is 5.24. The van der Waals surface area contributed by atoms with E-state index in [1.807, 2.05) is 36.4 Å². The lowest BCUT2D eigenvalue weighted by atomic mass is 9.67. The van der Waals surface area contributed by atoms with E-state index >= 15 is 0 Å². The lowest BCUT2D eigenvalue weighted by Gasteiger charge is -2.54. The highest BCUT2D eigenvalue weighted by Crippen LogP contribution is 2.61. The van der Waals surface area contributed by atoms with E-state index in [1.54, 1.807) is 23.3 Å². The van der Waals surface area contributed by atoms with Gasteiger partial charge in [0.2, 0.25) is 5.91 Å². The van der Waals surface area contributed by atoms with Crippen molar-refractivity contribution in [3.05, 3.63) is 65.4 Å². The molecule has 0 aliphatic carbocycles. The van der Waals surface area contributed by atoms with Crippen molar-refractivity contribution < 1.29 is 14.3 Å². The molecule has 4 aliphatic heterocycles. The zero-order valence-corrected chi connectivity index (χ0v) is 15.5. The van der Waals surface area contributed by atoms with Gasteiger partial charge < -0.3 is 15.4 Å². The van der Waals surface area contributed by atoms with E-state index in [9.17, 15) is 9.59 Å². The summed E-state index contributed by atoms with van der Waals surface area (Å²) in [5, 5.41) is 6.96. The van der Waals surface area contributed by atoms with Gasteiger partial charge in [-0.15, -0.1) is 0 Å². The van der Waals surface area contributed by atoms with Gasteiger partial charge >= 0.3 is 0 Å². The van der Waals surface area contributed by atoms with Gasteiger partial charge in [-0.3, -0.25) is 14.5 Å². The normalized spacial score (nSPS) is 31.5. The molecule has 3 unspecified atom stereocenters. The van der Waals surface area contributed by atoms with Crippen molar-refractivity contribution in [2.45, 2.75) is 24.1 Å². The Morgan fingerprint density at radius 1 is 1.11 bits per heavy atom. The molecule has 1 saturated heterocycles. The average Bonchev–Trinajstić information content (AvgIpc) is 3.26. The smallest absolute Gasteiger partial charge is 0.255 e. The Labute approximate surface area is 166 Å². The second-order valence-electron chi connectivity index (χ2n) is 7.56. The fourth-order valence-corrected chi connectivity index (χ4v) is 5.56. The Morgan fingerprint density at radius 2 is 1.93 bits per heavy atom. The van der Waals surface area contributed by atoms with Crippen LogP contribution in [0.15, 0.2) is 54.8 Å². The van der Waals surface area contributed by atoms with Crippen LogP contribution in [0.2, 0.25) is 5.02 Å². The summed E-state index contributed by atoms with van der Waals surface area (Å²) in [5.74, 6) is -0.657. The number of para-hydroxylation sites is 2. The maximum Gasteiger partial charge on any atom is 0.255 e. The summed E-state index contributed by atoms with van der Waals surface area (Å²) in [7, 11) is 0. The third kappa shape index (κ3) is 1.66. The van der Waals surface area contributed by atoms with E-state index in [2.05, 4.69) is 10.6 Å². The van der Waals surface area contributed by atoms with Gasteiger partial charge in [-0.05, 0) is 30.3 Å². The predicted octanol–water partition coefficient (Wildman–Crippen LogP) is 3.60. The zero-order valence-electron chi connectivity index (χ0n) is 14.7. The summed E-state index contributed by atoms with van der Waals surface area (Å²) in [5.41, 5.74) is 0.642. The molecule has 0 saturated carbocycles. The average molecular weight is 394 g/mol. The number of hydrogen-bond donors (Lipinski definition) is 2. The number of anilines is 3. The van der Waals surface area contributed by atoms with Crippen LogP contribution in [0, 0.1) is 5.92 Å². The summed E-state index contributed by atoms with van der Waals surface area (Å²) in [6, 6.07) is 12.9. The monoisotopic (exact) mass is 393 g/mol. The number of benzene rings is 2.